The molecule has 0 saturated heterocycles. The van der Waals surface area contributed by atoms with Crippen LogP contribution in [0.3, 0.4) is 0 Å². The second-order valence-corrected chi connectivity index (χ2v) is 4.80. The van der Waals surface area contributed by atoms with Crippen molar-refractivity contribution in [3.05, 3.63) is 78.1 Å². The highest BCUT2D eigenvalue weighted by Crippen LogP contribution is 2.20. The van der Waals surface area contributed by atoms with Gasteiger partial charge in [0.05, 0.1) is 0 Å². The van der Waals surface area contributed by atoms with Crippen LogP contribution in [0.4, 0.5) is 0 Å². The molecule has 1 atom stereocenters. The molecule has 2 N–H and O–H groups in total. The lowest BCUT2D eigenvalue weighted by Gasteiger charge is -2.18. The van der Waals surface area contributed by atoms with Gasteiger partial charge >= 0.3 is 0 Å². The lowest BCUT2D eigenvalue weighted by Crippen LogP contribution is -2.31. The van der Waals surface area contributed by atoms with E-state index in [1.54, 1.807) is 24.5 Å². The number of benzene rings is 1. The number of H-pyrrole nitrogens is 1. The van der Waals surface area contributed by atoms with E-state index in [9.17, 15) is 4.79 Å². The third-order valence-electron chi connectivity index (χ3n) is 3.37. The monoisotopic (exact) mass is 280 g/mol. The molecule has 0 aliphatic carbocycles. The maximum Gasteiger partial charge on any atom is 0.268 e. The van der Waals surface area contributed by atoms with E-state index in [2.05, 4.69) is 15.3 Å². The molecule has 0 bridgehead atoms. The molecular weight excluding hydrogens is 264 g/mol. The van der Waals surface area contributed by atoms with Crippen LogP contribution in [0.25, 0.3) is 0 Å². The standard InChI is InChI=1S/C16H16N4O/c1-20-11-10-18-15(20)14(12-6-3-2-4-7-12)19-16(21)13-8-5-9-17-13/h2-11,14,17H,1H3,(H,19,21)/t14-/m0/s1. The molecule has 3 aromatic rings. The molecule has 106 valence electrons. The van der Waals surface area contributed by atoms with Crippen LogP contribution < -0.4 is 5.32 Å². The van der Waals surface area contributed by atoms with Crippen LogP contribution in [-0.2, 0) is 7.05 Å². The van der Waals surface area contributed by atoms with Crippen molar-refractivity contribution >= 4 is 5.91 Å². The van der Waals surface area contributed by atoms with E-state index < -0.39 is 0 Å². The Balaban J connectivity index is 1.94. The van der Waals surface area contributed by atoms with Crippen LogP contribution in [0.2, 0.25) is 0 Å². The van der Waals surface area contributed by atoms with E-state index in [4.69, 9.17) is 0 Å². The number of rotatable bonds is 4. The number of imidazole rings is 1. The number of aryl methyl sites for hydroxylation is 1. The Morgan fingerprint density at radius 2 is 2.05 bits per heavy atom. The Bertz CT molecular complexity index is 716. The van der Waals surface area contributed by atoms with Gasteiger partial charge in [0.25, 0.3) is 5.91 Å². The molecule has 1 amide bonds. The molecule has 2 heterocycles. The Kier molecular flexibility index (Phi) is 3.55. The SMILES string of the molecule is Cn1ccnc1[C@@H](NC(=O)c1ccc[nH]1)c1ccccc1. The third-order valence-corrected chi connectivity index (χ3v) is 3.37. The molecular formula is C16H16N4O. The Hall–Kier alpha value is -2.82. The van der Waals surface area contributed by atoms with Gasteiger partial charge in [0.2, 0.25) is 0 Å². The predicted octanol–water partition coefficient (Wildman–Crippen LogP) is 2.27. The molecule has 3 rings (SSSR count). The fourth-order valence-corrected chi connectivity index (χ4v) is 2.28. The van der Waals surface area contributed by atoms with Gasteiger partial charge in [0.15, 0.2) is 0 Å². The molecule has 5 heteroatoms. The maximum atomic E-state index is 12.3. The first kappa shape index (κ1) is 13.2. The fraction of sp³-hybridized carbons (Fsp3) is 0.125. The molecule has 21 heavy (non-hydrogen) atoms. The van der Waals surface area contributed by atoms with Gasteiger partial charge < -0.3 is 14.9 Å². The topological polar surface area (TPSA) is 62.7 Å². The van der Waals surface area contributed by atoms with Crippen molar-refractivity contribution < 1.29 is 4.79 Å². The summed E-state index contributed by atoms with van der Waals surface area (Å²) in [5.74, 6) is 0.637. The first-order chi connectivity index (χ1) is 10.3. The van der Waals surface area contributed by atoms with Crippen molar-refractivity contribution in [3.8, 4) is 0 Å². The number of carbonyl (C=O) groups is 1. The lowest BCUT2D eigenvalue weighted by molar-refractivity contribution is 0.0936. The summed E-state index contributed by atoms with van der Waals surface area (Å²) in [6, 6.07) is 13.1. The van der Waals surface area contributed by atoms with Gasteiger partial charge in [-0.05, 0) is 17.7 Å². The minimum absolute atomic E-state index is 0.156. The van der Waals surface area contributed by atoms with Crippen molar-refractivity contribution in [2.45, 2.75) is 6.04 Å². The van der Waals surface area contributed by atoms with Gasteiger partial charge in [-0.25, -0.2) is 4.98 Å². The highest BCUT2D eigenvalue weighted by molar-refractivity contribution is 5.92. The number of hydrogen-bond acceptors (Lipinski definition) is 2. The number of hydrogen-bond donors (Lipinski definition) is 2. The number of amides is 1. The second kappa shape index (κ2) is 5.66. The second-order valence-electron chi connectivity index (χ2n) is 4.80. The first-order valence-corrected chi connectivity index (χ1v) is 6.72. The minimum Gasteiger partial charge on any atom is -0.357 e. The summed E-state index contributed by atoms with van der Waals surface area (Å²) in [5.41, 5.74) is 1.52. The average Bonchev–Trinajstić information content (AvgIpc) is 3.17. The summed E-state index contributed by atoms with van der Waals surface area (Å²) < 4.78 is 1.91. The number of aromatic amines is 1. The normalized spacial score (nSPS) is 12.0. The molecule has 0 fully saturated rings. The highest BCUT2D eigenvalue weighted by Gasteiger charge is 2.21. The van der Waals surface area contributed by atoms with Gasteiger partial charge in [-0.15, -0.1) is 0 Å². The predicted molar refractivity (Wildman–Crippen MR) is 79.8 cm³/mol. The summed E-state index contributed by atoms with van der Waals surface area (Å²) in [5, 5.41) is 3.03. The lowest BCUT2D eigenvalue weighted by atomic mass is 10.1. The Morgan fingerprint density at radius 3 is 2.67 bits per heavy atom. The summed E-state index contributed by atoms with van der Waals surface area (Å²) in [6.45, 7) is 0. The quantitative estimate of drug-likeness (QED) is 0.770. The zero-order valence-electron chi connectivity index (χ0n) is 11.7. The van der Waals surface area contributed by atoms with E-state index in [0.717, 1.165) is 11.4 Å². The van der Waals surface area contributed by atoms with Crippen molar-refractivity contribution in [2.75, 3.05) is 0 Å². The third kappa shape index (κ3) is 2.72. The van der Waals surface area contributed by atoms with E-state index in [1.165, 1.54) is 0 Å². The fourth-order valence-electron chi connectivity index (χ4n) is 2.28. The van der Waals surface area contributed by atoms with Crippen LogP contribution in [0, 0.1) is 0 Å². The number of nitrogens with zero attached hydrogens (tertiary/aromatic N) is 2. The van der Waals surface area contributed by atoms with E-state index in [0.29, 0.717) is 5.69 Å². The number of nitrogens with one attached hydrogen (secondary N) is 2. The van der Waals surface area contributed by atoms with Crippen molar-refractivity contribution in [2.24, 2.45) is 7.05 Å². The van der Waals surface area contributed by atoms with Crippen molar-refractivity contribution in [1.29, 1.82) is 0 Å². The molecule has 0 saturated carbocycles. The molecule has 0 unspecified atom stereocenters. The summed E-state index contributed by atoms with van der Waals surface area (Å²) in [7, 11) is 1.92. The summed E-state index contributed by atoms with van der Waals surface area (Å²) in [6.07, 6.45) is 5.32. The highest BCUT2D eigenvalue weighted by atomic mass is 16.1. The van der Waals surface area contributed by atoms with E-state index >= 15 is 0 Å². The molecule has 0 aliphatic heterocycles. The van der Waals surface area contributed by atoms with Gasteiger partial charge in [0.1, 0.15) is 17.6 Å². The number of aromatic nitrogens is 3. The smallest absolute Gasteiger partial charge is 0.268 e. The minimum atomic E-state index is -0.290. The first-order valence-electron chi connectivity index (χ1n) is 6.72. The van der Waals surface area contributed by atoms with Gasteiger partial charge in [-0.1, -0.05) is 30.3 Å². The van der Waals surface area contributed by atoms with E-state index in [1.807, 2.05) is 48.1 Å². The van der Waals surface area contributed by atoms with Crippen molar-refractivity contribution in [3.63, 3.8) is 0 Å². The molecule has 1 aromatic carbocycles. The molecule has 2 aromatic heterocycles. The molecule has 0 spiro atoms. The zero-order chi connectivity index (χ0) is 14.7. The summed E-state index contributed by atoms with van der Waals surface area (Å²) >= 11 is 0. The largest absolute Gasteiger partial charge is 0.357 e. The van der Waals surface area contributed by atoms with Crippen LogP contribution in [-0.4, -0.2) is 20.4 Å². The zero-order valence-corrected chi connectivity index (χ0v) is 11.7. The van der Waals surface area contributed by atoms with Gasteiger partial charge in [-0.3, -0.25) is 4.79 Å². The molecule has 5 nitrogen and oxygen atoms in total. The maximum absolute atomic E-state index is 12.3. The van der Waals surface area contributed by atoms with Crippen LogP contribution in [0.1, 0.15) is 27.9 Å². The summed E-state index contributed by atoms with van der Waals surface area (Å²) in [4.78, 5) is 19.6. The van der Waals surface area contributed by atoms with Crippen LogP contribution in [0.15, 0.2) is 61.1 Å². The Labute approximate surface area is 122 Å². The average molecular weight is 280 g/mol. The van der Waals surface area contributed by atoms with Crippen LogP contribution in [0.5, 0.6) is 0 Å². The molecule has 0 aliphatic rings. The molecule has 0 radical (unpaired) electrons. The van der Waals surface area contributed by atoms with Gasteiger partial charge in [-0.2, -0.15) is 0 Å². The Morgan fingerprint density at radius 1 is 1.24 bits per heavy atom. The van der Waals surface area contributed by atoms with Gasteiger partial charge in [0, 0.05) is 25.6 Å². The van der Waals surface area contributed by atoms with E-state index in [-0.39, 0.29) is 11.9 Å². The number of carbonyl (C=O) groups excluding carboxylic acids is 1. The van der Waals surface area contributed by atoms with Crippen molar-refractivity contribution in [1.82, 2.24) is 19.9 Å². The van der Waals surface area contributed by atoms with Crippen LogP contribution >= 0.6 is 0 Å².